The Kier molecular flexibility index (Phi) is 4.46. The van der Waals surface area contributed by atoms with Gasteiger partial charge >= 0.3 is 0 Å². The second kappa shape index (κ2) is 5.97. The van der Waals surface area contributed by atoms with Crippen molar-refractivity contribution in [1.82, 2.24) is 14.9 Å². The second-order valence-corrected chi connectivity index (χ2v) is 6.54. The van der Waals surface area contributed by atoms with Crippen molar-refractivity contribution in [3.63, 3.8) is 0 Å². The molecular formula is C15H24N4O2. The molecule has 0 saturated carbocycles. The molecule has 116 valence electrons. The van der Waals surface area contributed by atoms with Crippen LogP contribution in [0.25, 0.3) is 0 Å². The predicted octanol–water partition coefficient (Wildman–Crippen LogP) is 1.49. The monoisotopic (exact) mass is 292 g/mol. The topological polar surface area (TPSA) is 58.6 Å². The van der Waals surface area contributed by atoms with Gasteiger partial charge in [0.2, 0.25) is 11.9 Å². The van der Waals surface area contributed by atoms with Crippen molar-refractivity contribution in [2.45, 2.75) is 26.9 Å². The van der Waals surface area contributed by atoms with E-state index in [1.54, 1.807) is 6.20 Å². The minimum atomic E-state index is -0.373. The Morgan fingerprint density at radius 3 is 2.76 bits per heavy atom. The number of carbonyl (C=O) groups is 1. The molecule has 0 aliphatic carbocycles. The Morgan fingerprint density at radius 2 is 2.14 bits per heavy atom. The van der Waals surface area contributed by atoms with Crippen LogP contribution >= 0.6 is 0 Å². The molecule has 6 nitrogen and oxygen atoms in total. The second-order valence-electron chi connectivity index (χ2n) is 6.54. The predicted molar refractivity (Wildman–Crippen MR) is 81.1 cm³/mol. The number of hydrogen-bond donors (Lipinski definition) is 0. The zero-order valence-electron chi connectivity index (χ0n) is 13.5. The molecule has 2 rings (SSSR count). The molecule has 0 N–H and O–H groups in total. The SMILES string of the molecule is CN(C)c1nccc(C2CN(C(=O)C(C)(C)C)CCO2)n1. The summed E-state index contributed by atoms with van der Waals surface area (Å²) in [5.74, 6) is 0.799. The van der Waals surface area contributed by atoms with Gasteiger partial charge in [-0.25, -0.2) is 9.97 Å². The van der Waals surface area contributed by atoms with Gasteiger partial charge < -0.3 is 14.5 Å². The van der Waals surface area contributed by atoms with E-state index in [1.807, 2.05) is 50.7 Å². The largest absolute Gasteiger partial charge is 0.368 e. The van der Waals surface area contributed by atoms with Gasteiger partial charge in [0.05, 0.1) is 18.8 Å². The van der Waals surface area contributed by atoms with Crippen molar-refractivity contribution >= 4 is 11.9 Å². The van der Waals surface area contributed by atoms with Gasteiger partial charge in [0.15, 0.2) is 0 Å². The fraction of sp³-hybridized carbons (Fsp3) is 0.667. The van der Waals surface area contributed by atoms with Crippen LogP contribution in [0.15, 0.2) is 12.3 Å². The van der Waals surface area contributed by atoms with E-state index in [-0.39, 0.29) is 17.4 Å². The van der Waals surface area contributed by atoms with Crippen molar-refractivity contribution in [1.29, 1.82) is 0 Å². The Hall–Kier alpha value is -1.69. The molecule has 1 unspecified atom stereocenters. The number of carbonyl (C=O) groups excluding carboxylic acids is 1. The van der Waals surface area contributed by atoms with Crippen LogP contribution < -0.4 is 4.90 Å². The molecule has 0 aromatic carbocycles. The summed E-state index contributed by atoms with van der Waals surface area (Å²) in [7, 11) is 3.80. The van der Waals surface area contributed by atoms with Crippen LogP contribution in [0.5, 0.6) is 0 Å². The van der Waals surface area contributed by atoms with E-state index >= 15 is 0 Å². The quantitative estimate of drug-likeness (QED) is 0.826. The number of anilines is 1. The van der Waals surface area contributed by atoms with E-state index in [4.69, 9.17) is 4.74 Å². The number of ether oxygens (including phenoxy) is 1. The minimum absolute atomic E-state index is 0.151. The number of rotatable bonds is 2. The smallest absolute Gasteiger partial charge is 0.228 e. The lowest BCUT2D eigenvalue weighted by atomic mass is 9.94. The molecule has 1 aromatic rings. The summed E-state index contributed by atoms with van der Waals surface area (Å²) in [5, 5.41) is 0. The van der Waals surface area contributed by atoms with Crippen molar-refractivity contribution in [3.05, 3.63) is 18.0 Å². The third-order valence-electron chi connectivity index (χ3n) is 3.39. The fourth-order valence-corrected chi connectivity index (χ4v) is 2.24. The Bertz CT molecular complexity index is 511. The Balaban J connectivity index is 2.14. The van der Waals surface area contributed by atoms with Crippen molar-refractivity contribution in [2.75, 3.05) is 38.7 Å². The van der Waals surface area contributed by atoms with Gasteiger partial charge in [0.25, 0.3) is 0 Å². The summed E-state index contributed by atoms with van der Waals surface area (Å²) in [4.78, 5) is 24.8. The molecule has 1 aliphatic heterocycles. The molecule has 0 bridgehead atoms. The van der Waals surface area contributed by atoms with Crippen LogP contribution in [0.3, 0.4) is 0 Å². The van der Waals surface area contributed by atoms with Gasteiger partial charge in [-0.1, -0.05) is 20.8 Å². The van der Waals surface area contributed by atoms with E-state index in [2.05, 4.69) is 9.97 Å². The van der Waals surface area contributed by atoms with E-state index in [1.165, 1.54) is 0 Å². The van der Waals surface area contributed by atoms with E-state index in [9.17, 15) is 4.79 Å². The highest BCUT2D eigenvalue weighted by Crippen LogP contribution is 2.25. The Labute approximate surface area is 126 Å². The first-order valence-electron chi connectivity index (χ1n) is 7.20. The van der Waals surface area contributed by atoms with Gasteiger partial charge in [0, 0.05) is 32.3 Å². The number of hydrogen-bond acceptors (Lipinski definition) is 5. The third-order valence-corrected chi connectivity index (χ3v) is 3.39. The van der Waals surface area contributed by atoms with Crippen LogP contribution in [0.2, 0.25) is 0 Å². The molecule has 1 atom stereocenters. The van der Waals surface area contributed by atoms with Crippen LogP contribution in [-0.4, -0.2) is 54.6 Å². The van der Waals surface area contributed by atoms with Gasteiger partial charge in [-0.05, 0) is 6.07 Å². The van der Waals surface area contributed by atoms with Crippen LogP contribution in [0.4, 0.5) is 5.95 Å². The molecule has 0 spiro atoms. The van der Waals surface area contributed by atoms with Gasteiger partial charge in [0.1, 0.15) is 6.10 Å². The summed E-state index contributed by atoms with van der Waals surface area (Å²) in [5.41, 5.74) is 0.447. The van der Waals surface area contributed by atoms with Crippen molar-refractivity contribution in [3.8, 4) is 0 Å². The summed E-state index contributed by atoms with van der Waals surface area (Å²) >= 11 is 0. The summed E-state index contributed by atoms with van der Waals surface area (Å²) in [6.45, 7) is 7.53. The van der Waals surface area contributed by atoms with Crippen molar-refractivity contribution in [2.24, 2.45) is 5.41 Å². The number of nitrogens with zero attached hydrogens (tertiary/aromatic N) is 4. The maximum Gasteiger partial charge on any atom is 0.228 e. The zero-order valence-corrected chi connectivity index (χ0v) is 13.5. The normalized spacial score (nSPS) is 19.5. The molecule has 21 heavy (non-hydrogen) atoms. The average Bonchev–Trinajstić information content (AvgIpc) is 2.45. The average molecular weight is 292 g/mol. The zero-order chi connectivity index (χ0) is 15.6. The number of amides is 1. The summed E-state index contributed by atoms with van der Waals surface area (Å²) in [6.07, 6.45) is 1.54. The van der Waals surface area contributed by atoms with E-state index in [0.717, 1.165) is 5.69 Å². The van der Waals surface area contributed by atoms with Gasteiger partial charge in [-0.3, -0.25) is 4.79 Å². The van der Waals surface area contributed by atoms with Crippen molar-refractivity contribution < 1.29 is 9.53 Å². The molecule has 0 radical (unpaired) electrons. The highest BCUT2D eigenvalue weighted by Gasteiger charge is 2.32. The van der Waals surface area contributed by atoms with Gasteiger partial charge in [-0.2, -0.15) is 0 Å². The van der Waals surface area contributed by atoms with E-state index < -0.39 is 0 Å². The fourth-order valence-electron chi connectivity index (χ4n) is 2.24. The van der Waals surface area contributed by atoms with Crippen LogP contribution in [-0.2, 0) is 9.53 Å². The lowest BCUT2D eigenvalue weighted by molar-refractivity contribution is -0.147. The maximum atomic E-state index is 12.4. The molecular weight excluding hydrogens is 268 g/mol. The molecule has 1 fully saturated rings. The number of morpholine rings is 1. The Morgan fingerprint density at radius 1 is 1.43 bits per heavy atom. The maximum absolute atomic E-state index is 12.4. The first-order valence-corrected chi connectivity index (χ1v) is 7.20. The van der Waals surface area contributed by atoms with Crippen LogP contribution in [0.1, 0.15) is 32.6 Å². The summed E-state index contributed by atoms with van der Waals surface area (Å²) in [6, 6.07) is 1.85. The third kappa shape index (κ3) is 3.69. The minimum Gasteiger partial charge on any atom is -0.368 e. The summed E-state index contributed by atoms with van der Waals surface area (Å²) < 4.78 is 5.79. The highest BCUT2D eigenvalue weighted by atomic mass is 16.5. The van der Waals surface area contributed by atoms with Crippen LogP contribution in [0, 0.1) is 5.41 Å². The standard InChI is InChI=1S/C15H24N4O2/c1-15(2,3)13(20)19-8-9-21-12(10-19)11-6-7-16-14(17-11)18(4)5/h6-7,12H,8-10H2,1-5H3. The molecule has 1 amide bonds. The lowest BCUT2D eigenvalue weighted by Gasteiger charge is -2.36. The molecule has 1 saturated heterocycles. The molecule has 1 aromatic heterocycles. The van der Waals surface area contributed by atoms with E-state index in [0.29, 0.717) is 25.6 Å². The molecule has 2 heterocycles. The number of aromatic nitrogens is 2. The highest BCUT2D eigenvalue weighted by molar-refractivity contribution is 5.81. The first kappa shape index (κ1) is 15.7. The van der Waals surface area contributed by atoms with Gasteiger partial charge in [-0.15, -0.1) is 0 Å². The molecule has 1 aliphatic rings. The first-order chi connectivity index (χ1) is 9.79. The lowest BCUT2D eigenvalue weighted by Crippen LogP contribution is -2.47. The molecule has 6 heteroatoms.